The standard InChI is InChI=1S/C19H19FN2O4/c1-13(19(25)22(2)16-9-4-3-5-10-16)26-17(23)12-21-18(24)14-7-6-8-15(20)11-14/h3-11,13H,12H2,1-2H3,(H,21,24)/t13-/m0/s1. The first-order valence-corrected chi connectivity index (χ1v) is 7.94. The van der Waals surface area contributed by atoms with E-state index in [4.69, 9.17) is 4.74 Å². The van der Waals surface area contributed by atoms with Gasteiger partial charge in [-0.15, -0.1) is 0 Å². The topological polar surface area (TPSA) is 75.7 Å². The first-order valence-electron chi connectivity index (χ1n) is 7.94. The van der Waals surface area contributed by atoms with Crippen LogP contribution in [0.5, 0.6) is 0 Å². The highest BCUT2D eigenvalue weighted by Crippen LogP contribution is 2.13. The summed E-state index contributed by atoms with van der Waals surface area (Å²) in [5.41, 5.74) is 0.755. The van der Waals surface area contributed by atoms with Crippen molar-refractivity contribution in [1.82, 2.24) is 5.32 Å². The molecule has 1 N–H and O–H groups in total. The monoisotopic (exact) mass is 358 g/mol. The van der Waals surface area contributed by atoms with Gasteiger partial charge in [0.2, 0.25) is 0 Å². The van der Waals surface area contributed by atoms with Crippen LogP contribution in [0.25, 0.3) is 0 Å². The number of ether oxygens (including phenoxy) is 1. The number of likely N-dealkylation sites (N-methyl/N-ethyl adjacent to an activating group) is 1. The van der Waals surface area contributed by atoms with Gasteiger partial charge in [-0.2, -0.15) is 0 Å². The molecule has 0 saturated heterocycles. The Bertz CT molecular complexity index is 795. The molecular weight excluding hydrogens is 339 g/mol. The molecule has 0 spiro atoms. The third kappa shape index (κ3) is 5.14. The molecule has 26 heavy (non-hydrogen) atoms. The molecule has 1 atom stereocenters. The number of amides is 2. The lowest BCUT2D eigenvalue weighted by atomic mass is 10.2. The maximum atomic E-state index is 13.1. The lowest BCUT2D eigenvalue weighted by Gasteiger charge is -2.21. The van der Waals surface area contributed by atoms with Gasteiger partial charge in [0.15, 0.2) is 6.10 Å². The summed E-state index contributed by atoms with van der Waals surface area (Å²) in [5.74, 6) is -2.33. The largest absolute Gasteiger partial charge is 0.451 e. The fraction of sp³-hybridized carbons (Fsp3) is 0.211. The van der Waals surface area contributed by atoms with E-state index in [-0.39, 0.29) is 5.56 Å². The van der Waals surface area contributed by atoms with Crippen LogP contribution in [-0.4, -0.2) is 37.5 Å². The van der Waals surface area contributed by atoms with E-state index >= 15 is 0 Å². The van der Waals surface area contributed by atoms with Gasteiger partial charge in [-0.25, -0.2) is 4.39 Å². The van der Waals surface area contributed by atoms with Crippen LogP contribution >= 0.6 is 0 Å². The average molecular weight is 358 g/mol. The van der Waals surface area contributed by atoms with Crippen molar-refractivity contribution >= 4 is 23.5 Å². The number of carbonyl (C=O) groups excluding carboxylic acids is 3. The van der Waals surface area contributed by atoms with E-state index in [9.17, 15) is 18.8 Å². The first kappa shape index (κ1) is 19.1. The molecule has 0 aliphatic heterocycles. The number of benzene rings is 2. The van der Waals surface area contributed by atoms with Crippen LogP contribution in [0.2, 0.25) is 0 Å². The average Bonchev–Trinajstić information content (AvgIpc) is 2.65. The zero-order chi connectivity index (χ0) is 19.1. The van der Waals surface area contributed by atoms with Gasteiger partial charge in [-0.1, -0.05) is 24.3 Å². The number of hydrogen-bond donors (Lipinski definition) is 1. The van der Waals surface area contributed by atoms with Gasteiger partial charge >= 0.3 is 5.97 Å². The van der Waals surface area contributed by atoms with Crippen LogP contribution in [-0.2, 0) is 14.3 Å². The molecule has 0 radical (unpaired) electrons. The molecule has 0 aromatic heterocycles. The predicted octanol–water partition coefficient (Wildman–Crippen LogP) is 2.15. The number of nitrogens with zero attached hydrogens (tertiary/aromatic N) is 1. The highest BCUT2D eigenvalue weighted by atomic mass is 19.1. The second kappa shape index (κ2) is 8.75. The van der Waals surface area contributed by atoms with E-state index in [0.29, 0.717) is 5.69 Å². The van der Waals surface area contributed by atoms with E-state index in [1.54, 1.807) is 31.3 Å². The fourth-order valence-corrected chi connectivity index (χ4v) is 2.23. The molecule has 0 heterocycles. The number of halogens is 1. The smallest absolute Gasteiger partial charge is 0.326 e. The highest BCUT2D eigenvalue weighted by molar-refractivity contribution is 5.98. The Hall–Kier alpha value is -3.22. The predicted molar refractivity (Wildman–Crippen MR) is 94.1 cm³/mol. The molecule has 0 bridgehead atoms. The normalized spacial score (nSPS) is 11.3. The summed E-state index contributed by atoms with van der Waals surface area (Å²) in [7, 11) is 1.58. The molecule has 136 valence electrons. The van der Waals surface area contributed by atoms with Crippen LogP contribution in [0.3, 0.4) is 0 Å². The SMILES string of the molecule is C[C@H](OC(=O)CNC(=O)c1cccc(F)c1)C(=O)N(C)c1ccccc1. The molecule has 0 fully saturated rings. The van der Waals surface area contributed by atoms with Crippen LogP contribution in [0.4, 0.5) is 10.1 Å². The molecule has 0 saturated carbocycles. The van der Waals surface area contributed by atoms with E-state index in [2.05, 4.69) is 5.32 Å². The number of carbonyl (C=O) groups is 3. The van der Waals surface area contributed by atoms with Gasteiger partial charge in [0.05, 0.1) is 0 Å². The third-order valence-electron chi connectivity index (χ3n) is 3.61. The fourth-order valence-electron chi connectivity index (χ4n) is 2.23. The van der Waals surface area contributed by atoms with Crippen molar-refractivity contribution in [2.45, 2.75) is 13.0 Å². The van der Waals surface area contributed by atoms with Crippen molar-refractivity contribution < 1.29 is 23.5 Å². The van der Waals surface area contributed by atoms with Crippen LogP contribution in [0, 0.1) is 5.82 Å². The number of esters is 1. The van der Waals surface area contributed by atoms with Crippen molar-refractivity contribution in [3.8, 4) is 0 Å². The first-order chi connectivity index (χ1) is 12.4. The maximum absolute atomic E-state index is 13.1. The molecule has 7 heteroatoms. The minimum atomic E-state index is -1.02. The molecule has 2 aromatic carbocycles. The van der Waals surface area contributed by atoms with Crippen molar-refractivity contribution in [2.75, 3.05) is 18.5 Å². The van der Waals surface area contributed by atoms with Crippen molar-refractivity contribution in [3.05, 3.63) is 66.0 Å². The number of anilines is 1. The van der Waals surface area contributed by atoms with Crippen LogP contribution in [0.1, 0.15) is 17.3 Å². The Morgan fingerprint density at radius 3 is 2.46 bits per heavy atom. The van der Waals surface area contributed by atoms with Gasteiger partial charge in [-0.05, 0) is 37.3 Å². The van der Waals surface area contributed by atoms with E-state index in [1.165, 1.54) is 30.0 Å². The highest BCUT2D eigenvalue weighted by Gasteiger charge is 2.22. The van der Waals surface area contributed by atoms with Gasteiger partial charge in [-0.3, -0.25) is 14.4 Å². The van der Waals surface area contributed by atoms with Crippen molar-refractivity contribution in [1.29, 1.82) is 0 Å². The minimum Gasteiger partial charge on any atom is -0.451 e. The zero-order valence-electron chi connectivity index (χ0n) is 14.4. The van der Waals surface area contributed by atoms with Crippen LogP contribution in [0.15, 0.2) is 54.6 Å². The number of rotatable bonds is 6. The minimum absolute atomic E-state index is 0.0886. The summed E-state index contributed by atoms with van der Waals surface area (Å²) in [6.45, 7) is 1.02. The summed E-state index contributed by atoms with van der Waals surface area (Å²) in [6.07, 6.45) is -1.02. The van der Waals surface area contributed by atoms with Gasteiger partial charge in [0.1, 0.15) is 12.4 Å². The Kier molecular flexibility index (Phi) is 6.43. The molecule has 0 aliphatic carbocycles. The van der Waals surface area contributed by atoms with Gasteiger partial charge < -0.3 is 15.0 Å². The maximum Gasteiger partial charge on any atom is 0.326 e. The number of hydrogen-bond acceptors (Lipinski definition) is 4. The van der Waals surface area contributed by atoms with E-state index in [1.807, 2.05) is 6.07 Å². The summed E-state index contributed by atoms with van der Waals surface area (Å²) >= 11 is 0. The Labute approximate surface area is 150 Å². The van der Waals surface area contributed by atoms with E-state index in [0.717, 1.165) is 6.07 Å². The Morgan fingerprint density at radius 1 is 1.12 bits per heavy atom. The summed E-state index contributed by atoms with van der Waals surface area (Å²) in [5, 5.41) is 2.33. The van der Waals surface area contributed by atoms with E-state index < -0.39 is 36.2 Å². The van der Waals surface area contributed by atoms with Crippen molar-refractivity contribution in [2.24, 2.45) is 0 Å². The lowest BCUT2D eigenvalue weighted by Crippen LogP contribution is -2.39. The summed E-state index contributed by atoms with van der Waals surface area (Å²) in [6, 6.07) is 14.0. The Morgan fingerprint density at radius 2 is 1.81 bits per heavy atom. The lowest BCUT2D eigenvalue weighted by molar-refractivity contribution is -0.152. The number of nitrogens with one attached hydrogen (secondary N) is 1. The summed E-state index contributed by atoms with van der Waals surface area (Å²) in [4.78, 5) is 37.4. The quantitative estimate of drug-likeness (QED) is 0.803. The van der Waals surface area contributed by atoms with Gasteiger partial charge in [0, 0.05) is 18.3 Å². The third-order valence-corrected chi connectivity index (χ3v) is 3.61. The molecule has 0 aliphatic rings. The second-order valence-electron chi connectivity index (χ2n) is 5.56. The van der Waals surface area contributed by atoms with Gasteiger partial charge in [0.25, 0.3) is 11.8 Å². The molecule has 2 amide bonds. The zero-order valence-corrected chi connectivity index (χ0v) is 14.4. The molecular formula is C19H19FN2O4. The van der Waals surface area contributed by atoms with Crippen molar-refractivity contribution in [3.63, 3.8) is 0 Å². The molecule has 2 aromatic rings. The molecule has 6 nitrogen and oxygen atoms in total. The molecule has 2 rings (SSSR count). The molecule has 0 unspecified atom stereocenters. The Balaban J connectivity index is 1.85. The van der Waals surface area contributed by atoms with Crippen LogP contribution < -0.4 is 10.2 Å². The second-order valence-corrected chi connectivity index (χ2v) is 5.56. The number of para-hydroxylation sites is 1. The summed E-state index contributed by atoms with van der Waals surface area (Å²) < 4.78 is 18.1.